The number of nitrogens with zero attached hydrogens (tertiary/aromatic N) is 3. The number of halogens is 2. The first-order valence-corrected chi connectivity index (χ1v) is 8.24. The number of hydrogen-bond donors (Lipinski definition) is 0. The molecule has 0 saturated carbocycles. The summed E-state index contributed by atoms with van der Waals surface area (Å²) < 4.78 is 16.0. The van der Waals surface area contributed by atoms with Gasteiger partial charge in [-0.15, -0.1) is 0 Å². The monoisotopic (exact) mass is 375 g/mol. The maximum Gasteiger partial charge on any atom is 0.291 e. The van der Waals surface area contributed by atoms with Crippen molar-refractivity contribution >= 4 is 28.9 Å². The highest BCUT2D eigenvalue weighted by molar-refractivity contribution is 6.31. The van der Waals surface area contributed by atoms with E-state index >= 15 is 4.39 Å². The van der Waals surface area contributed by atoms with Gasteiger partial charge in [-0.1, -0.05) is 48.0 Å². The van der Waals surface area contributed by atoms with Gasteiger partial charge in [0, 0.05) is 9.95 Å². The minimum atomic E-state index is -2.66. The van der Waals surface area contributed by atoms with Crippen LogP contribution in [0, 0.1) is 10.1 Å². The van der Waals surface area contributed by atoms with Crippen molar-refractivity contribution in [2.24, 2.45) is 5.10 Å². The van der Waals surface area contributed by atoms with Crippen molar-refractivity contribution in [3.8, 4) is 0 Å². The molecule has 1 aliphatic rings. The van der Waals surface area contributed by atoms with E-state index < -0.39 is 29.0 Å². The van der Waals surface area contributed by atoms with E-state index in [1.165, 1.54) is 19.1 Å². The number of hydrazone groups is 1. The number of amides is 1. The zero-order chi connectivity index (χ0) is 18.9. The molecule has 26 heavy (non-hydrogen) atoms. The Kier molecular flexibility index (Phi) is 4.73. The maximum absolute atomic E-state index is 16.0. The lowest BCUT2D eigenvalue weighted by atomic mass is 9.80. The molecule has 1 amide bonds. The summed E-state index contributed by atoms with van der Waals surface area (Å²) in [6, 6.07) is 14.6. The van der Waals surface area contributed by atoms with E-state index in [0.717, 1.165) is 5.01 Å². The minimum absolute atomic E-state index is 0.141. The molecule has 3 rings (SSSR count). The van der Waals surface area contributed by atoms with Crippen LogP contribution in [0.2, 0.25) is 5.02 Å². The fraction of sp³-hybridized carbons (Fsp3) is 0.222. The molecule has 0 aliphatic carbocycles. The lowest BCUT2D eigenvalue weighted by molar-refractivity contribution is -0.485. The van der Waals surface area contributed by atoms with Gasteiger partial charge in [-0.3, -0.25) is 14.9 Å². The molecular weight excluding hydrogens is 361 g/mol. The Hall–Kier alpha value is -2.80. The van der Waals surface area contributed by atoms with Crippen molar-refractivity contribution < 1.29 is 14.1 Å². The summed E-state index contributed by atoms with van der Waals surface area (Å²) in [4.78, 5) is 23.5. The second-order valence-electron chi connectivity index (χ2n) is 5.94. The molecule has 1 heterocycles. The van der Waals surface area contributed by atoms with Gasteiger partial charge in [-0.25, -0.2) is 4.39 Å². The van der Waals surface area contributed by atoms with Crippen LogP contribution in [0.3, 0.4) is 0 Å². The number of para-hydroxylation sites is 1. The molecule has 0 radical (unpaired) electrons. The Morgan fingerprint density at radius 3 is 2.46 bits per heavy atom. The lowest BCUT2D eigenvalue weighted by Crippen LogP contribution is -2.49. The lowest BCUT2D eigenvalue weighted by Gasteiger charge is -2.27. The predicted molar refractivity (Wildman–Crippen MR) is 96.9 cm³/mol. The van der Waals surface area contributed by atoms with Crippen LogP contribution in [0.25, 0.3) is 0 Å². The fourth-order valence-corrected chi connectivity index (χ4v) is 3.34. The van der Waals surface area contributed by atoms with Crippen LogP contribution in [-0.4, -0.2) is 28.8 Å². The zero-order valence-electron chi connectivity index (χ0n) is 13.8. The average molecular weight is 376 g/mol. The molecule has 0 N–H and O–H groups in total. The van der Waals surface area contributed by atoms with Gasteiger partial charge in [-0.2, -0.15) is 10.1 Å². The van der Waals surface area contributed by atoms with Gasteiger partial charge >= 0.3 is 0 Å². The Morgan fingerprint density at radius 1 is 1.23 bits per heavy atom. The molecule has 0 fully saturated rings. The average Bonchev–Trinajstić information content (AvgIpc) is 2.86. The number of benzene rings is 2. The summed E-state index contributed by atoms with van der Waals surface area (Å²) >= 11 is 6.14. The van der Waals surface area contributed by atoms with Crippen molar-refractivity contribution in [2.75, 3.05) is 11.6 Å². The van der Waals surface area contributed by atoms with Crippen molar-refractivity contribution in [1.82, 2.24) is 0 Å². The fourth-order valence-electron chi connectivity index (χ4n) is 3.07. The summed E-state index contributed by atoms with van der Waals surface area (Å²) in [5.74, 6) is -2.36. The second kappa shape index (κ2) is 6.84. The van der Waals surface area contributed by atoms with Crippen molar-refractivity contribution in [3.05, 3.63) is 75.3 Å². The van der Waals surface area contributed by atoms with Crippen molar-refractivity contribution in [3.63, 3.8) is 0 Å². The number of carbonyl (C=O) groups excluding carboxylic acids is 1. The van der Waals surface area contributed by atoms with E-state index in [1.54, 1.807) is 42.5 Å². The Bertz CT molecular complexity index is 890. The topological polar surface area (TPSA) is 75.8 Å². The van der Waals surface area contributed by atoms with E-state index in [4.69, 9.17) is 11.6 Å². The Morgan fingerprint density at radius 2 is 1.85 bits per heavy atom. The highest BCUT2D eigenvalue weighted by atomic mass is 35.5. The number of hydrogen-bond acceptors (Lipinski definition) is 4. The largest absolute Gasteiger partial charge is 0.291 e. The summed E-state index contributed by atoms with van der Waals surface area (Å²) in [7, 11) is 0. The summed E-state index contributed by atoms with van der Waals surface area (Å²) in [5.41, 5.74) is -2.21. The van der Waals surface area contributed by atoms with Crippen LogP contribution < -0.4 is 5.01 Å². The SMILES string of the molecule is CC1=NN(c2ccccc2)C(=O)[C@]1(F)[C@H](C[N+](=O)[O-])c1ccccc1Cl. The van der Waals surface area contributed by atoms with Crippen LogP contribution in [-0.2, 0) is 4.79 Å². The van der Waals surface area contributed by atoms with Gasteiger partial charge in [0.1, 0.15) is 0 Å². The predicted octanol–water partition coefficient (Wildman–Crippen LogP) is 3.83. The molecule has 1 aliphatic heterocycles. The summed E-state index contributed by atoms with van der Waals surface area (Å²) in [6.45, 7) is 0.562. The number of anilines is 1. The quantitative estimate of drug-likeness (QED) is 0.588. The summed E-state index contributed by atoms with van der Waals surface area (Å²) in [6.07, 6.45) is 0. The maximum atomic E-state index is 16.0. The van der Waals surface area contributed by atoms with Crippen molar-refractivity contribution in [2.45, 2.75) is 18.5 Å². The zero-order valence-corrected chi connectivity index (χ0v) is 14.6. The number of nitro groups is 1. The molecule has 0 bridgehead atoms. The first-order chi connectivity index (χ1) is 12.4. The molecule has 2 aromatic carbocycles. The van der Waals surface area contributed by atoms with Gasteiger partial charge in [0.05, 0.1) is 17.3 Å². The molecule has 8 heteroatoms. The molecule has 0 aromatic heterocycles. The van der Waals surface area contributed by atoms with Crippen molar-refractivity contribution in [1.29, 1.82) is 0 Å². The third kappa shape index (κ3) is 2.94. The molecule has 2 atom stereocenters. The van der Waals surface area contributed by atoms with Gasteiger partial charge in [0.25, 0.3) is 5.91 Å². The normalized spacial score (nSPS) is 20.8. The molecule has 0 saturated heterocycles. The standard InChI is InChI=1S/C18H15ClFN3O3/c1-12-18(20,17(24)23(21-12)13-7-3-2-4-8-13)15(11-22(25)26)14-9-5-6-10-16(14)19/h2-10,15H,11H2,1H3/t15-,18-/m1/s1. The number of rotatable bonds is 5. The third-order valence-electron chi connectivity index (χ3n) is 4.37. The molecule has 6 nitrogen and oxygen atoms in total. The van der Waals surface area contributed by atoms with Crippen LogP contribution in [0.5, 0.6) is 0 Å². The first-order valence-electron chi connectivity index (χ1n) is 7.86. The number of alkyl halides is 1. The van der Waals surface area contributed by atoms with Gasteiger partial charge in [0.15, 0.2) is 0 Å². The smallest absolute Gasteiger partial charge is 0.268 e. The van der Waals surface area contributed by atoms with Gasteiger partial charge in [0.2, 0.25) is 12.2 Å². The summed E-state index contributed by atoms with van der Waals surface area (Å²) in [5, 5.41) is 16.3. The van der Waals surface area contributed by atoms with E-state index in [0.29, 0.717) is 5.69 Å². The van der Waals surface area contributed by atoms with Crippen LogP contribution in [0.15, 0.2) is 59.7 Å². The minimum Gasteiger partial charge on any atom is -0.268 e. The van der Waals surface area contributed by atoms with E-state index in [1.807, 2.05) is 0 Å². The molecule has 134 valence electrons. The Balaban J connectivity index is 2.09. The highest BCUT2D eigenvalue weighted by Crippen LogP contribution is 2.42. The Labute approximate surface area is 154 Å². The molecule has 0 unspecified atom stereocenters. The first kappa shape index (κ1) is 18.0. The molecule has 2 aromatic rings. The van der Waals surface area contributed by atoms with Gasteiger partial charge in [-0.05, 0) is 30.7 Å². The van der Waals surface area contributed by atoms with E-state index in [-0.39, 0.29) is 16.3 Å². The third-order valence-corrected chi connectivity index (χ3v) is 4.72. The second-order valence-corrected chi connectivity index (χ2v) is 6.35. The van der Waals surface area contributed by atoms with Gasteiger partial charge < -0.3 is 0 Å². The van der Waals surface area contributed by atoms with E-state index in [2.05, 4.69) is 5.10 Å². The highest BCUT2D eigenvalue weighted by Gasteiger charge is 2.58. The van der Waals surface area contributed by atoms with E-state index in [9.17, 15) is 14.9 Å². The van der Waals surface area contributed by atoms with Crippen LogP contribution in [0.1, 0.15) is 18.4 Å². The van der Waals surface area contributed by atoms with Crippen LogP contribution in [0.4, 0.5) is 10.1 Å². The van der Waals surface area contributed by atoms with Crippen LogP contribution >= 0.6 is 11.6 Å². The molecule has 0 spiro atoms. The number of carbonyl (C=O) groups is 1. The molecular formula is C18H15ClFN3O3.